The summed E-state index contributed by atoms with van der Waals surface area (Å²) in [6.07, 6.45) is 1.84. The summed E-state index contributed by atoms with van der Waals surface area (Å²) in [6, 6.07) is 28.3. The third-order valence-electron chi connectivity index (χ3n) is 4.98. The van der Waals surface area contributed by atoms with Crippen LogP contribution in [-0.4, -0.2) is 12.9 Å². The third kappa shape index (κ3) is 2.07. The highest BCUT2D eigenvalue weighted by Crippen LogP contribution is 2.34. The molecule has 0 saturated heterocycles. The lowest BCUT2D eigenvalue weighted by atomic mass is 9.93. The Hall–Kier alpha value is -3.41. The highest BCUT2D eigenvalue weighted by Gasteiger charge is 2.10. The van der Waals surface area contributed by atoms with Crippen LogP contribution < -0.4 is 4.67 Å². The van der Waals surface area contributed by atoms with Crippen molar-refractivity contribution < 1.29 is 0 Å². The van der Waals surface area contributed by atoms with Gasteiger partial charge in [0.25, 0.3) is 12.9 Å². The van der Waals surface area contributed by atoms with Crippen molar-refractivity contribution in [3.05, 3.63) is 84.4 Å². The van der Waals surface area contributed by atoms with E-state index < -0.39 is 0 Å². The van der Waals surface area contributed by atoms with Gasteiger partial charge in [-0.15, -0.1) is 4.67 Å². The van der Waals surface area contributed by atoms with Crippen LogP contribution in [0.15, 0.2) is 78.9 Å². The Kier molecular flexibility index (Phi) is 2.97. The molecule has 116 valence electrons. The minimum atomic E-state index is 1.11. The van der Waals surface area contributed by atoms with Gasteiger partial charge in [-0.1, -0.05) is 60.7 Å². The number of nitrogens with zero attached hydrogens (tertiary/aromatic N) is 1. The molecule has 1 heteroatoms. The van der Waals surface area contributed by atoms with E-state index in [-0.39, 0.29) is 0 Å². The molecule has 5 aromatic rings. The SMILES string of the molecule is C=[N+]=Cc1cc2cc3c(ccc4ccccc43)cc2c2ccccc12. The van der Waals surface area contributed by atoms with Gasteiger partial charge < -0.3 is 0 Å². The molecule has 0 spiro atoms. The van der Waals surface area contributed by atoms with Crippen LogP contribution in [-0.2, 0) is 0 Å². The Bertz CT molecular complexity index is 1340. The van der Waals surface area contributed by atoms with Gasteiger partial charge in [0.05, 0.1) is 5.56 Å². The van der Waals surface area contributed by atoms with Crippen molar-refractivity contribution in [1.82, 2.24) is 4.67 Å². The molecule has 0 fully saturated rings. The predicted octanol–water partition coefficient (Wildman–Crippen LogP) is 5.49. The van der Waals surface area contributed by atoms with Crippen molar-refractivity contribution >= 4 is 56.0 Å². The Morgan fingerprint density at radius 2 is 1.20 bits per heavy atom. The van der Waals surface area contributed by atoms with E-state index in [0.29, 0.717) is 0 Å². The first-order chi connectivity index (χ1) is 12.3. The second-order valence-electron chi connectivity index (χ2n) is 6.40. The average molecular weight is 318 g/mol. The molecule has 0 aliphatic carbocycles. The van der Waals surface area contributed by atoms with E-state index in [0.717, 1.165) is 5.56 Å². The van der Waals surface area contributed by atoms with Gasteiger partial charge in [-0.2, -0.15) is 0 Å². The lowest BCUT2D eigenvalue weighted by Gasteiger charge is -2.10. The van der Waals surface area contributed by atoms with Crippen LogP contribution in [0.5, 0.6) is 0 Å². The molecule has 25 heavy (non-hydrogen) atoms. The quantitative estimate of drug-likeness (QED) is 0.168. The van der Waals surface area contributed by atoms with E-state index in [1.54, 1.807) is 0 Å². The molecule has 0 atom stereocenters. The first-order valence-corrected chi connectivity index (χ1v) is 8.41. The van der Waals surface area contributed by atoms with Crippen molar-refractivity contribution in [3.8, 4) is 0 Å². The van der Waals surface area contributed by atoms with Crippen molar-refractivity contribution in [1.29, 1.82) is 0 Å². The maximum atomic E-state index is 4.00. The zero-order chi connectivity index (χ0) is 16.8. The zero-order valence-corrected chi connectivity index (χ0v) is 13.7. The highest BCUT2D eigenvalue weighted by molar-refractivity contribution is 6.19. The van der Waals surface area contributed by atoms with Gasteiger partial charge in [0.1, 0.15) is 0 Å². The molecule has 0 N–H and O–H groups in total. The van der Waals surface area contributed by atoms with Gasteiger partial charge in [0.2, 0.25) is 0 Å². The fourth-order valence-electron chi connectivity index (χ4n) is 3.84. The molecule has 0 aromatic heterocycles. The van der Waals surface area contributed by atoms with Crippen molar-refractivity contribution in [2.45, 2.75) is 0 Å². The Labute approximate surface area is 145 Å². The average Bonchev–Trinajstić information content (AvgIpc) is 2.67. The summed E-state index contributed by atoms with van der Waals surface area (Å²) in [5, 5.41) is 10.1. The Morgan fingerprint density at radius 1 is 0.560 bits per heavy atom. The monoisotopic (exact) mass is 318 g/mol. The van der Waals surface area contributed by atoms with E-state index in [9.17, 15) is 0 Å². The number of hydrogen-bond acceptors (Lipinski definition) is 0. The number of hydrogen-bond donors (Lipinski definition) is 0. The number of benzene rings is 5. The molecule has 0 heterocycles. The van der Waals surface area contributed by atoms with Crippen molar-refractivity contribution in [3.63, 3.8) is 0 Å². The molecular formula is C24H16N+. The van der Waals surface area contributed by atoms with Crippen molar-refractivity contribution in [2.75, 3.05) is 0 Å². The summed E-state index contributed by atoms with van der Waals surface area (Å²) >= 11 is 0. The Morgan fingerprint density at radius 3 is 2.04 bits per heavy atom. The molecule has 5 rings (SSSR count). The number of rotatable bonds is 1. The molecule has 0 radical (unpaired) electrons. The van der Waals surface area contributed by atoms with Crippen LogP contribution in [0.25, 0.3) is 43.1 Å². The number of fused-ring (bicyclic) bond motifs is 6. The van der Waals surface area contributed by atoms with E-state index in [1.165, 1.54) is 43.1 Å². The minimum absolute atomic E-state index is 1.11. The maximum Gasteiger partial charge on any atom is 0.299 e. The molecule has 1 nitrogen and oxygen atoms in total. The Balaban J connectivity index is 2.02. The van der Waals surface area contributed by atoms with E-state index in [2.05, 4.69) is 90.2 Å². The van der Waals surface area contributed by atoms with Gasteiger partial charge in [-0.25, -0.2) is 0 Å². The molecule has 0 aliphatic heterocycles. The minimum Gasteiger partial charge on any atom is -0.108 e. The third-order valence-corrected chi connectivity index (χ3v) is 4.98. The van der Waals surface area contributed by atoms with Gasteiger partial charge in [0.15, 0.2) is 0 Å². The molecule has 0 unspecified atom stereocenters. The van der Waals surface area contributed by atoms with Gasteiger partial charge >= 0.3 is 0 Å². The zero-order valence-electron chi connectivity index (χ0n) is 13.7. The molecule has 5 aromatic carbocycles. The topological polar surface area (TPSA) is 14.1 Å². The van der Waals surface area contributed by atoms with Crippen LogP contribution in [0.4, 0.5) is 0 Å². The molecular weight excluding hydrogens is 302 g/mol. The summed E-state index contributed by atoms with van der Waals surface area (Å²) in [5.74, 6) is 0. The van der Waals surface area contributed by atoms with Gasteiger partial charge in [0, 0.05) is 0 Å². The fraction of sp³-hybridized carbons (Fsp3) is 0. The summed E-state index contributed by atoms with van der Waals surface area (Å²) in [6.45, 7) is 3.63. The molecule has 0 saturated carbocycles. The normalized spacial score (nSPS) is 11.2. The second kappa shape index (κ2) is 5.31. The first kappa shape index (κ1) is 14.0. The highest BCUT2D eigenvalue weighted by atomic mass is 14.5. The molecule has 0 bridgehead atoms. The molecule has 0 aliphatic rings. The summed E-state index contributed by atoms with van der Waals surface area (Å²) < 4.78 is 4.00. The second-order valence-corrected chi connectivity index (χ2v) is 6.40. The van der Waals surface area contributed by atoms with E-state index in [1.807, 2.05) is 6.21 Å². The first-order valence-electron chi connectivity index (χ1n) is 8.41. The van der Waals surface area contributed by atoms with Crippen LogP contribution in [0.2, 0.25) is 0 Å². The standard InChI is InChI=1S/C24H16N/c1-25-15-19-12-18-14-23-17(11-10-16-6-2-3-7-20(16)23)13-24(18)22-9-5-4-8-21(19)22/h2-15H,1H2/q+1. The van der Waals surface area contributed by atoms with Crippen LogP contribution in [0, 0.1) is 0 Å². The van der Waals surface area contributed by atoms with Gasteiger partial charge in [-0.05, 0) is 61.3 Å². The summed E-state index contributed by atoms with van der Waals surface area (Å²) in [7, 11) is 0. The fourth-order valence-corrected chi connectivity index (χ4v) is 3.84. The predicted molar refractivity (Wildman–Crippen MR) is 111 cm³/mol. The summed E-state index contributed by atoms with van der Waals surface area (Å²) in [5.41, 5.74) is 1.11. The van der Waals surface area contributed by atoms with Crippen LogP contribution in [0.1, 0.15) is 5.56 Å². The van der Waals surface area contributed by atoms with Crippen LogP contribution >= 0.6 is 0 Å². The lowest BCUT2D eigenvalue weighted by Crippen LogP contribution is -1.89. The molecule has 0 amide bonds. The van der Waals surface area contributed by atoms with Gasteiger partial charge in [-0.3, -0.25) is 0 Å². The maximum absolute atomic E-state index is 4.00. The van der Waals surface area contributed by atoms with Crippen LogP contribution in [0.3, 0.4) is 0 Å². The van der Waals surface area contributed by atoms with E-state index in [4.69, 9.17) is 0 Å². The van der Waals surface area contributed by atoms with E-state index >= 15 is 0 Å². The smallest absolute Gasteiger partial charge is 0.108 e. The lowest BCUT2D eigenvalue weighted by molar-refractivity contribution is 1.71. The summed E-state index contributed by atoms with van der Waals surface area (Å²) in [4.78, 5) is 0. The van der Waals surface area contributed by atoms with Crippen molar-refractivity contribution in [2.24, 2.45) is 0 Å². The largest absolute Gasteiger partial charge is 0.299 e.